The molecule has 0 bridgehead atoms. The van der Waals surface area contributed by atoms with Crippen molar-refractivity contribution in [3.05, 3.63) is 82.8 Å². The largest absolute Gasteiger partial charge is 0.492 e. The number of allylic oxidation sites excluding steroid dienone is 2. The zero-order valence-corrected chi connectivity index (χ0v) is 15.2. The van der Waals surface area contributed by atoms with Gasteiger partial charge in [-0.3, -0.25) is 14.5 Å². The molecule has 4 nitrogen and oxygen atoms in total. The number of carbonyl (C=O) groups excluding carboxylic acids is 2. The van der Waals surface area contributed by atoms with E-state index in [1.165, 1.54) is 4.90 Å². The molecule has 1 saturated heterocycles. The number of thioether (sulfide) groups is 1. The molecule has 0 spiro atoms. The molecule has 2 aromatic carbocycles. The lowest BCUT2D eigenvalue weighted by Gasteiger charge is -2.13. The lowest BCUT2D eigenvalue weighted by molar-refractivity contribution is -0.123. The molecule has 3 rings (SSSR count). The summed E-state index contributed by atoms with van der Waals surface area (Å²) in [6.07, 6.45) is 3.74. The van der Waals surface area contributed by atoms with Crippen molar-refractivity contribution in [1.82, 2.24) is 4.90 Å². The van der Waals surface area contributed by atoms with Gasteiger partial charge >= 0.3 is 0 Å². The number of hydrogen-bond acceptors (Lipinski definition) is 4. The van der Waals surface area contributed by atoms with Gasteiger partial charge in [-0.1, -0.05) is 54.6 Å². The fraction of sp³-hybridized carbons (Fsp3) is 0.143. The van der Waals surface area contributed by atoms with Gasteiger partial charge in [-0.15, -0.1) is 0 Å². The van der Waals surface area contributed by atoms with Crippen molar-refractivity contribution in [3.63, 3.8) is 0 Å². The molecule has 0 N–H and O–H groups in total. The lowest BCUT2D eigenvalue weighted by atomic mass is 10.1. The Kier molecular flexibility index (Phi) is 5.92. The minimum absolute atomic E-state index is 0.234. The summed E-state index contributed by atoms with van der Waals surface area (Å²) < 4.78 is 5.57. The van der Waals surface area contributed by atoms with Gasteiger partial charge in [0.1, 0.15) is 12.4 Å². The van der Waals surface area contributed by atoms with Gasteiger partial charge in [-0.05, 0) is 48.0 Å². The molecule has 2 amide bonds. The van der Waals surface area contributed by atoms with Crippen molar-refractivity contribution in [1.29, 1.82) is 0 Å². The van der Waals surface area contributed by atoms with Crippen LogP contribution in [0, 0.1) is 0 Å². The Morgan fingerprint density at radius 2 is 1.69 bits per heavy atom. The molecule has 0 unspecified atom stereocenters. The molecule has 0 radical (unpaired) electrons. The number of rotatable bonds is 6. The van der Waals surface area contributed by atoms with E-state index in [0.717, 1.165) is 28.6 Å². The first-order valence-electron chi connectivity index (χ1n) is 8.30. The van der Waals surface area contributed by atoms with Crippen molar-refractivity contribution >= 4 is 29.0 Å². The number of benzene rings is 2. The van der Waals surface area contributed by atoms with Crippen molar-refractivity contribution < 1.29 is 14.3 Å². The van der Waals surface area contributed by atoms with E-state index in [2.05, 4.69) is 0 Å². The maximum Gasteiger partial charge on any atom is 0.293 e. The zero-order chi connectivity index (χ0) is 18.4. The van der Waals surface area contributed by atoms with E-state index in [0.29, 0.717) is 4.91 Å². The van der Waals surface area contributed by atoms with Gasteiger partial charge in [0, 0.05) is 0 Å². The first kappa shape index (κ1) is 18.0. The van der Waals surface area contributed by atoms with E-state index < -0.39 is 0 Å². The second-order valence-corrected chi connectivity index (χ2v) is 6.79. The van der Waals surface area contributed by atoms with Gasteiger partial charge in [-0.2, -0.15) is 0 Å². The summed E-state index contributed by atoms with van der Waals surface area (Å²) >= 11 is 0.969. The molecule has 1 aliphatic rings. The Labute approximate surface area is 157 Å². The van der Waals surface area contributed by atoms with Crippen molar-refractivity contribution in [2.45, 2.75) is 6.92 Å². The summed E-state index contributed by atoms with van der Waals surface area (Å²) in [4.78, 5) is 26.3. The number of carbonyl (C=O) groups is 2. The number of nitrogens with zero attached hydrogens (tertiary/aromatic N) is 1. The normalized spacial score (nSPS) is 16.4. The average Bonchev–Trinajstić information content (AvgIpc) is 2.90. The van der Waals surface area contributed by atoms with Crippen LogP contribution in [0.4, 0.5) is 4.79 Å². The van der Waals surface area contributed by atoms with Crippen LogP contribution in [0.1, 0.15) is 12.5 Å². The number of imide groups is 1. The number of ether oxygens (including phenoxy) is 1. The fourth-order valence-corrected chi connectivity index (χ4v) is 3.44. The highest BCUT2D eigenvalue weighted by Gasteiger charge is 2.34. The van der Waals surface area contributed by atoms with Crippen molar-refractivity contribution in [2.75, 3.05) is 13.2 Å². The van der Waals surface area contributed by atoms with Gasteiger partial charge in [-0.25, -0.2) is 0 Å². The number of amides is 2. The monoisotopic (exact) mass is 365 g/mol. The van der Waals surface area contributed by atoms with Gasteiger partial charge in [0.2, 0.25) is 0 Å². The topological polar surface area (TPSA) is 46.6 Å². The molecule has 1 aliphatic heterocycles. The van der Waals surface area contributed by atoms with E-state index in [4.69, 9.17) is 4.74 Å². The van der Waals surface area contributed by atoms with Crippen LogP contribution < -0.4 is 4.74 Å². The predicted molar refractivity (Wildman–Crippen MR) is 105 cm³/mol. The summed E-state index contributed by atoms with van der Waals surface area (Å²) in [5.74, 6) is 0.453. The average molecular weight is 365 g/mol. The van der Waals surface area contributed by atoms with Crippen LogP contribution in [-0.4, -0.2) is 29.2 Å². The zero-order valence-electron chi connectivity index (χ0n) is 14.4. The summed E-state index contributed by atoms with van der Waals surface area (Å²) in [6, 6.07) is 19.2. The molecule has 132 valence electrons. The van der Waals surface area contributed by atoms with Gasteiger partial charge in [0.15, 0.2) is 0 Å². The van der Waals surface area contributed by atoms with Crippen LogP contribution in [-0.2, 0) is 4.79 Å². The summed E-state index contributed by atoms with van der Waals surface area (Å²) in [7, 11) is 0. The Hall–Kier alpha value is -2.79. The van der Waals surface area contributed by atoms with Crippen molar-refractivity contribution in [2.24, 2.45) is 0 Å². The van der Waals surface area contributed by atoms with E-state index in [-0.39, 0.29) is 24.3 Å². The standard InChI is InChI=1S/C21H19NO3S/c1-16(14-17-8-4-2-5-9-17)15-19-20(23)22(21(24)26-19)12-13-25-18-10-6-3-7-11-18/h2-11,14-15H,12-13H2,1H3/b16-14+,19-15-. The summed E-state index contributed by atoms with van der Waals surface area (Å²) in [5.41, 5.74) is 1.97. The molecule has 0 aromatic heterocycles. The quantitative estimate of drug-likeness (QED) is 0.693. The van der Waals surface area contributed by atoms with Crippen LogP contribution in [0.25, 0.3) is 6.08 Å². The van der Waals surface area contributed by atoms with E-state index in [9.17, 15) is 9.59 Å². The SMILES string of the molecule is CC(/C=C1\SC(=O)N(CCOc2ccccc2)C1=O)=C\c1ccccc1. The van der Waals surface area contributed by atoms with Crippen LogP contribution in [0.3, 0.4) is 0 Å². The van der Waals surface area contributed by atoms with Crippen molar-refractivity contribution in [3.8, 4) is 5.75 Å². The lowest BCUT2D eigenvalue weighted by Crippen LogP contribution is -2.32. The third-order valence-electron chi connectivity index (χ3n) is 3.75. The molecule has 26 heavy (non-hydrogen) atoms. The van der Waals surface area contributed by atoms with Gasteiger partial charge < -0.3 is 4.74 Å². The third-order valence-corrected chi connectivity index (χ3v) is 4.66. The minimum Gasteiger partial charge on any atom is -0.492 e. The first-order valence-corrected chi connectivity index (χ1v) is 9.12. The maximum atomic E-state index is 12.5. The molecule has 2 aromatic rings. The molecule has 1 heterocycles. The minimum atomic E-state index is -0.266. The van der Waals surface area contributed by atoms with Crippen LogP contribution in [0.2, 0.25) is 0 Å². The van der Waals surface area contributed by atoms with E-state index in [1.807, 2.05) is 73.7 Å². The molecule has 0 aliphatic carbocycles. The fourth-order valence-electron chi connectivity index (χ4n) is 2.52. The summed E-state index contributed by atoms with van der Waals surface area (Å²) in [6.45, 7) is 2.42. The summed E-state index contributed by atoms with van der Waals surface area (Å²) in [5, 5.41) is -0.259. The second-order valence-electron chi connectivity index (χ2n) is 5.79. The second kappa shape index (κ2) is 8.54. The smallest absolute Gasteiger partial charge is 0.293 e. The number of hydrogen-bond donors (Lipinski definition) is 0. The van der Waals surface area contributed by atoms with E-state index >= 15 is 0 Å². The molecule has 5 heteroatoms. The highest BCUT2D eigenvalue weighted by molar-refractivity contribution is 8.18. The Morgan fingerprint density at radius 3 is 2.38 bits per heavy atom. The highest BCUT2D eigenvalue weighted by Crippen LogP contribution is 2.31. The molecular weight excluding hydrogens is 346 g/mol. The van der Waals surface area contributed by atoms with Gasteiger partial charge in [0.05, 0.1) is 11.4 Å². The molecule has 0 saturated carbocycles. The van der Waals surface area contributed by atoms with Crippen LogP contribution >= 0.6 is 11.8 Å². The predicted octanol–water partition coefficient (Wildman–Crippen LogP) is 4.75. The Bertz CT molecular complexity index is 844. The molecule has 0 atom stereocenters. The third kappa shape index (κ3) is 4.64. The Morgan fingerprint density at radius 1 is 1.04 bits per heavy atom. The van der Waals surface area contributed by atoms with E-state index in [1.54, 1.807) is 6.08 Å². The van der Waals surface area contributed by atoms with Crippen LogP contribution in [0.5, 0.6) is 5.75 Å². The number of para-hydroxylation sites is 1. The van der Waals surface area contributed by atoms with Crippen LogP contribution in [0.15, 0.2) is 77.2 Å². The molecule has 1 fully saturated rings. The Balaban J connectivity index is 1.62. The first-order chi connectivity index (χ1) is 12.6. The van der Waals surface area contributed by atoms with Gasteiger partial charge in [0.25, 0.3) is 11.1 Å². The maximum absolute atomic E-state index is 12.5. The highest BCUT2D eigenvalue weighted by atomic mass is 32.2. The molecular formula is C21H19NO3S.